The van der Waals surface area contributed by atoms with Crippen LogP contribution in [0.2, 0.25) is 0 Å². The summed E-state index contributed by atoms with van der Waals surface area (Å²) in [6.45, 7) is 0.805. The molecule has 0 saturated carbocycles. The summed E-state index contributed by atoms with van der Waals surface area (Å²) < 4.78 is 13.7. The minimum atomic E-state index is -4.42. The van der Waals surface area contributed by atoms with Gasteiger partial charge in [0, 0.05) is 0 Å². The number of phosphoric acid groups is 1. The largest absolute Gasteiger partial charge is 0.469 e. The summed E-state index contributed by atoms with van der Waals surface area (Å²) in [7, 11) is -4.42. The summed E-state index contributed by atoms with van der Waals surface area (Å²) in [5, 5.41) is 10.1. The first-order valence-electron chi connectivity index (χ1n) is 2.28. The summed E-state index contributed by atoms with van der Waals surface area (Å²) in [5.41, 5.74) is 0. The van der Waals surface area contributed by atoms with E-state index >= 15 is 0 Å². The molecule has 0 heterocycles. The minimum Gasteiger partial charge on any atom is -0.303 e. The average molecular weight is 155 g/mol. The van der Waals surface area contributed by atoms with Crippen molar-refractivity contribution in [1.82, 2.24) is 0 Å². The summed E-state index contributed by atoms with van der Waals surface area (Å²) in [6.07, 6.45) is -1.10. The lowest BCUT2D eigenvalue weighted by Crippen LogP contribution is -2.06. The molecule has 0 saturated heterocycles. The van der Waals surface area contributed by atoms with Gasteiger partial charge in [0.2, 0.25) is 0 Å². The van der Waals surface area contributed by atoms with Crippen LogP contribution in [0.5, 0.6) is 0 Å². The second-order valence-electron chi connectivity index (χ2n) is 1.60. The van der Waals surface area contributed by atoms with Crippen molar-refractivity contribution in [3.05, 3.63) is 0 Å². The highest BCUT2D eigenvalue weighted by molar-refractivity contribution is 7.46. The van der Waals surface area contributed by atoms with Crippen LogP contribution in [0.1, 0.15) is 6.92 Å². The summed E-state index contributed by atoms with van der Waals surface area (Å²) >= 11 is 0. The molecule has 0 aromatic heterocycles. The lowest BCUT2D eigenvalue weighted by Gasteiger charge is -2.04. The SMILES string of the molecule is CC([O])COP(=O)(O)O. The summed E-state index contributed by atoms with van der Waals surface area (Å²) in [4.78, 5) is 16.0. The molecule has 2 N–H and O–H groups in total. The van der Waals surface area contributed by atoms with Crippen molar-refractivity contribution in [3.63, 3.8) is 0 Å². The Morgan fingerprint density at radius 2 is 2.11 bits per heavy atom. The zero-order valence-electron chi connectivity index (χ0n) is 4.85. The standard InChI is InChI=1S/C3H8O5P/c1-3(4)2-8-9(5,6)7/h3H,2H2,1H3,(H2,5,6,7). The van der Waals surface area contributed by atoms with Crippen LogP contribution in [0.15, 0.2) is 0 Å². The van der Waals surface area contributed by atoms with E-state index in [9.17, 15) is 9.67 Å². The van der Waals surface area contributed by atoms with E-state index < -0.39 is 20.5 Å². The minimum absolute atomic E-state index is 0.454. The average Bonchev–Trinajstić information content (AvgIpc) is 1.59. The molecule has 1 atom stereocenters. The van der Waals surface area contributed by atoms with Crippen molar-refractivity contribution < 1.29 is 24.0 Å². The van der Waals surface area contributed by atoms with Gasteiger partial charge >= 0.3 is 7.82 Å². The van der Waals surface area contributed by atoms with E-state index in [0.29, 0.717) is 0 Å². The molecule has 1 radical (unpaired) electrons. The van der Waals surface area contributed by atoms with E-state index in [1.165, 1.54) is 6.92 Å². The highest BCUT2D eigenvalue weighted by atomic mass is 31.2. The Morgan fingerprint density at radius 1 is 1.67 bits per heavy atom. The molecule has 0 aliphatic heterocycles. The van der Waals surface area contributed by atoms with Crippen LogP contribution in [-0.4, -0.2) is 22.5 Å². The quantitative estimate of drug-likeness (QED) is 0.557. The predicted molar refractivity (Wildman–Crippen MR) is 28.1 cm³/mol. The van der Waals surface area contributed by atoms with Gasteiger partial charge < -0.3 is 9.79 Å². The van der Waals surface area contributed by atoms with E-state index in [1.54, 1.807) is 0 Å². The first-order valence-corrected chi connectivity index (χ1v) is 3.81. The van der Waals surface area contributed by atoms with E-state index in [-0.39, 0.29) is 0 Å². The highest BCUT2D eigenvalue weighted by Gasteiger charge is 2.14. The van der Waals surface area contributed by atoms with Crippen molar-refractivity contribution in [3.8, 4) is 0 Å². The Labute approximate surface area is 52.5 Å². The fraction of sp³-hybridized carbons (Fsp3) is 1.00. The zero-order valence-corrected chi connectivity index (χ0v) is 5.75. The first-order chi connectivity index (χ1) is 3.92. The van der Waals surface area contributed by atoms with Crippen LogP contribution >= 0.6 is 7.82 Å². The summed E-state index contributed by atoms with van der Waals surface area (Å²) in [5.74, 6) is 0. The monoisotopic (exact) mass is 155 g/mol. The van der Waals surface area contributed by atoms with Crippen LogP contribution in [0.4, 0.5) is 0 Å². The van der Waals surface area contributed by atoms with Gasteiger partial charge in [-0.2, -0.15) is 0 Å². The third-order valence-electron chi connectivity index (χ3n) is 0.477. The molecular weight excluding hydrogens is 147 g/mol. The summed E-state index contributed by atoms with van der Waals surface area (Å²) in [6, 6.07) is 0. The molecule has 5 nitrogen and oxygen atoms in total. The topological polar surface area (TPSA) is 86.7 Å². The maximum absolute atomic E-state index is 10.1. The second-order valence-corrected chi connectivity index (χ2v) is 2.84. The lowest BCUT2D eigenvalue weighted by molar-refractivity contribution is 0.0452. The number of phosphoric ester groups is 1. The van der Waals surface area contributed by atoms with Gasteiger partial charge in [-0.3, -0.25) is 4.52 Å². The van der Waals surface area contributed by atoms with Crippen molar-refractivity contribution in [2.24, 2.45) is 0 Å². The Balaban J connectivity index is 3.40. The van der Waals surface area contributed by atoms with E-state index in [2.05, 4.69) is 4.52 Å². The normalized spacial score (nSPS) is 15.6. The molecule has 0 aromatic carbocycles. The molecule has 0 aliphatic rings. The molecule has 1 unspecified atom stereocenters. The van der Waals surface area contributed by atoms with Crippen molar-refractivity contribution in [2.75, 3.05) is 6.61 Å². The lowest BCUT2D eigenvalue weighted by atomic mass is 10.5. The molecule has 0 bridgehead atoms. The molecule has 6 heteroatoms. The molecule has 0 aromatic rings. The second kappa shape index (κ2) is 3.29. The molecule has 0 amide bonds. The number of hydrogen-bond donors (Lipinski definition) is 2. The highest BCUT2D eigenvalue weighted by Crippen LogP contribution is 2.35. The van der Waals surface area contributed by atoms with Crippen molar-refractivity contribution in [2.45, 2.75) is 13.0 Å². The maximum atomic E-state index is 10.1. The van der Waals surface area contributed by atoms with Gasteiger partial charge in [-0.15, -0.1) is 0 Å². The van der Waals surface area contributed by atoms with Crippen LogP contribution < -0.4 is 0 Å². The Hall–Kier alpha value is 0.0700. The maximum Gasteiger partial charge on any atom is 0.469 e. The smallest absolute Gasteiger partial charge is 0.303 e. The molecule has 0 fully saturated rings. The molecule has 9 heavy (non-hydrogen) atoms. The molecular formula is C3H8O5P. The third kappa shape index (κ3) is 8.07. The van der Waals surface area contributed by atoms with Gasteiger partial charge in [-0.25, -0.2) is 9.67 Å². The number of rotatable bonds is 3. The molecule has 0 aliphatic carbocycles. The fourth-order valence-electron chi connectivity index (χ4n) is 0.202. The number of hydrogen-bond acceptors (Lipinski definition) is 2. The van der Waals surface area contributed by atoms with Gasteiger partial charge in [0.1, 0.15) is 6.10 Å². The zero-order chi connectivity index (χ0) is 7.49. The van der Waals surface area contributed by atoms with Crippen molar-refractivity contribution in [1.29, 1.82) is 0 Å². The fourth-order valence-corrected chi connectivity index (χ4v) is 0.606. The van der Waals surface area contributed by atoms with Crippen LogP contribution in [0, 0.1) is 0 Å². The Bertz CT molecular complexity index is 115. The van der Waals surface area contributed by atoms with Gasteiger partial charge in [0.15, 0.2) is 0 Å². The van der Waals surface area contributed by atoms with Crippen molar-refractivity contribution >= 4 is 7.82 Å². The third-order valence-corrected chi connectivity index (χ3v) is 0.963. The van der Waals surface area contributed by atoms with E-state index in [1.807, 2.05) is 0 Å². The predicted octanol–water partition coefficient (Wildman–Crippen LogP) is -0.0853. The first kappa shape index (κ1) is 9.07. The van der Waals surface area contributed by atoms with Gasteiger partial charge in [-0.05, 0) is 6.92 Å². The van der Waals surface area contributed by atoms with Gasteiger partial charge in [-0.1, -0.05) is 0 Å². The van der Waals surface area contributed by atoms with Crippen LogP contribution in [-0.2, 0) is 14.2 Å². The van der Waals surface area contributed by atoms with E-state index in [0.717, 1.165) is 0 Å². The van der Waals surface area contributed by atoms with Gasteiger partial charge in [0.05, 0.1) is 6.61 Å². The van der Waals surface area contributed by atoms with Gasteiger partial charge in [0.25, 0.3) is 0 Å². The molecule has 0 spiro atoms. The van der Waals surface area contributed by atoms with Crippen LogP contribution in [0.3, 0.4) is 0 Å². The van der Waals surface area contributed by atoms with Crippen LogP contribution in [0.25, 0.3) is 0 Å². The Kier molecular flexibility index (Phi) is 3.32. The molecule has 0 rings (SSSR count). The van der Waals surface area contributed by atoms with E-state index in [4.69, 9.17) is 9.79 Å². The molecule has 55 valence electrons. The Morgan fingerprint density at radius 3 is 2.22 bits per heavy atom.